The van der Waals surface area contributed by atoms with Crippen LogP contribution in [0.3, 0.4) is 0 Å². The highest BCUT2D eigenvalue weighted by Gasteiger charge is 2.71. The summed E-state index contributed by atoms with van der Waals surface area (Å²) < 4.78 is 0. The molecule has 0 bridgehead atoms. The maximum absolute atomic E-state index is 14.4. The van der Waals surface area contributed by atoms with E-state index in [1.54, 1.807) is 12.1 Å². The molecule has 0 saturated heterocycles. The molecule has 4 fully saturated rings. The molecular weight excluding hydrogens is 606 g/mol. The highest BCUT2D eigenvalue weighted by molar-refractivity contribution is 5.88. The van der Waals surface area contributed by atoms with Gasteiger partial charge < -0.3 is 20.2 Å². The summed E-state index contributed by atoms with van der Waals surface area (Å²) in [5.74, 6) is 1.88. The number of carboxylic acid groups (broad SMARTS) is 1. The summed E-state index contributed by atoms with van der Waals surface area (Å²) in [7, 11) is 8.45. The largest absolute Gasteiger partial charge is 0.478 e. The molecule has 5 aliphatic rings. The van der Waals surface area contributed by atoms with Gasteiger partial charge in [0.1, 0.15) is 0 Å². The van der Waals surface area contributed by atoms with Crippen molar-refractivity contribution in [1.82, 2.24) is 15.1 Å². The topological polar surface area (TPSA) is 72.9 Å². The van der Waals surface area contributed by atoms with Crippen LogP contribution >= 0.6 is 0 Å². The van der Waals surface area contributed by atoms with E-state index in [-0.39, 0.29) is 27.1 Å². The summed E-state index contributed by atoms with van der Waals surface area (Å²) in [4.78, 5) is 30.4. The van der Waals surface area contributed by atoms with Gasteiger partial charge in [-0.05, 0) is 160 Å². The summed E-state index contributed by atoms with van der Waals surface area (Å²) in [6, 6.07) is 7.56. The fraction of sp³-hybridized carbons (Fsp3) is 0.721. The second-order valence-electron chi connectivity index (χ2n) is 18.9. The fourth-order valence-electron chi connectivity index (χ4n) is 13.4. The van der Waals surface area contributed by atoms with Crippen LogP contribution < -0.4 is 5.32 Å². The van der Waals surface area contributed by atoms with Crippen molar-refractivity contribution in [3.63, 3.8) is 0 Å². The highest BCUT2D eigenvalue weighted by atomic mass is 16.4. The van der Waals surface area contributed by atoms with E-state index in [1.165, 1.54) is 42.4 Å². The number of nitrogens with zero attached hydrogens (tertiary/aromatic N) is 2. The Labute approximate surface area is 297 Å². The maximum atomic E-state index is 14.4. The third kappa shape index (κ3) is 5.57. The molecule has 49 heavy (non-hydrogen) atoms. The van der Waals surface area contributed by atoms with E-state index < -0.39 is 5.97 Å². The maximum Gasteiger partial charge on any atom is 0.335 e. The number of carboxylic acids is 1. The van der Waals surface area contributed by atoms with Crippen LogP contribution in [0.5, 0.6) is 0 Å². The van der Waals surface area contributed by atoms with E-state index >= 15 is 0 Å². The number of allylic oxidation sites excluding steroid dienone is 2. The highest BCUT2D eigenvalue weighted by Crippen LogP contribution is 2.77. The Bertz CT molecular complexity index is 1490. The molecule has 0 aliphatic heterocycles. The Morgan fingerprint density at radius 1 is 0.857 bits per heavy atom. The average Bonchev–Trinajstić information content (AvgIpc) is 3.42. The third-order valence-electron chi connectivity index (χ3n) is 15.8. The molecular formula is C43H65N3O3. The van der Waals surface area contributed by atoms with Gasteiger partial charge in [-0.3, -0.25) is 4.79 Å². The number of rotatable bonds is 9. The molecule has 6 heteroatoms. The fourth-order valence-corrected chi connectivity index (χ4v) is 13.4. The third-order valence-corrected chi connectivity index (χ3v) is 15.8. The van der Waals surface area contributed by atoms with E-state index in [0.717, 1.165) is 45.2 Å². The first-order chi connectivity index (χ1) is 22.9. The molecule has 6 nitrogen and oxygen atoms in total. The van der Waals surface area contributed by atoms with E-state index in [4.69, 9.17) is 6.58 Å². The van der Waals surface area contributed by atoms with Gasteiger partial charge >= 0.3 is 5.97 Å². The van der Waals surface area contributed by atoms with E-state index in [0.29, 0.717) is 47.6 Å². The molecule has 1 aromatic carbocycles. The lowest BCUT2D eigenvalue weighted by Gasteiger charge is -2.72. The first kappa shape index (κ1) is 36.4. The molecule has 270 valence electrons. The monoisotopic (exact) mass is 672 g/mol. The van der Waals surface area contributed by atoms with Gasteiger partial charge in [-0.15, -0.1) is 0 Å². The minimum absolute atomic E-state index is 0.0103. The van der Waals surface area contributed by atoms with Gasteiger partial charge in [0.25, 0.3) is 0 Å². The Kier molecular flexibility index (Phi) is 9.39. The number of carbonyl (C=O) groups is 2. The molecule has 0 heterocycles. The van der Waals surface area contributed by atoms with Gasteiger partial charge in [-0.2, -0.15) is 0 Å². The van der Waals surface area contributed by atoms with E-state index in [9.17, 15) is 14.7 Å². The molecule has 5 aliphatic carbocycles. The van der Waals surface area contributed by atoms with Gasteiger partial charge in [0.15, 0.2) is 0 Å². The molecule has 0 aromatic heterocycles. The number of hydrogen-bond donors (Lipinski definition) is 2. The lowest BCUT2D eigenvalue weighted by molar-refractivity contribution is -0.225. The molecule has 1 amide bonds. The lowest BCUT2D eigenvalue weighted by Crippen LogP contribution is -2.66. The quantitative estimate of drug-likeness (QED) is 0.259. The van der Waals surface area contributed by atoms with Crippen molar-refractivity contribution in [1.29, 1.82) is 0 Å². The van der Waals surface area contributed by atoms with Crippen LogP contribution in [0, 0.1) is 56.7 Å². The van der Waals surface area contributed by atoms with Gasteiger partial charge in [0, 0.05) is 19.6 Å². The Balaban J connectivity index is 1.34. The number of nitrogens with one attached hydrogen (secondary N) is 1. The second-order valence-corrected chi connectivity index (χ2v) is 18.9. The molecule has 0 radical (unpaired) electrons. The van der Waals surface area contributed by atoms with Crippen molar-refractivity contribution in [2.75, 3.05) is 47.8 Å². The van der Waals surface area contributed by atoms with Gasteiger partial charge in [-0.25, -0.2) is 4.79 Å². The molecule has 0 spiro atoms. The molecule has 1 aromatic rings. The number of fused-ring (bicyclic) bond motifs is 7. The second kappa shape index (κ2) is 12.7. The number of benzene rings is 1. The number of aromatic carboxylic acids is 1. The van der Waals surface area contributed by atoms with Crippen LogP contribution in [0.25, 0.3) is 5.57 Å². The standard InChI is InChI=1S/C43H65N3O3/c1-28(27-46(9)10)31-17-22-43(38(49)44-25-26-45(7)8)24-23-41(5)33(36(31)43)15-16-35-40(4)20-18-32(29-11-13-30(14-12-29)37(47)48)39(2,3)34(40)19-21-42(35,41)6/h11-14,18,31,33-36H,1,15-17,19-27H2,2-10H3,(H,44,49)(H,47,48)/t31-,33+,34-,35+,36+,40-,41+,42+,43-/m0/s1. The van der Waals surface area contributed by atoms with Crippen molar-refractivity contribution >= 4 is 17.4 Å². The van der Waals surface area contributed by atoms with Gasteiger partial charge in [0.05, 0.1) is 11.0 Å². The first-order valence-electron chi connectivity index (χ1n) is 19.2. The van der Waals surface area contributed by atoms with Gasteiger partial charge in [0.2, 0.25) is 5.91 Å². The number of amides is 1. The first-order valence-corrected chi connectivity index (χ1v) is 19.2. The Hall–Kier alpha value is -2.44. The van der Waals surface area contributed by atoms with Crippen molar-refractivity contribution < 1.29 is 14.7 Å². The molecule has 9 atom stereocenters. The summed E-state index contributed by atoms with van der Waals surface area (Å²) in [6.45, 7) is 20.0. The zero-order chi connectivity index (χ0) is 35.7. The van der Waals surface area contributed by atoms with Crippen LogP contribution in [-0.2, 0) is 4.79 Å². The SMILES string of the molecule is C=C(CN(C)C)[C@@H]1CC[C@]2(C(=O)NCCN(C)C)CC[C@]3(C)[C@H](CC[C@@H]4[C@@]5(C)CC=C(c6ccc(C(=O)O)cc6)C(C)(C)[C@@H]5CC[C@]43C)[C@@H]12. The van der Waals surface area contributed by atoms with Crippen LogP contribution in [-0.4, -0.2) is 74.6 Å². The summed E-state index contributed by atoms with van der Waals surface area (Å²) >= 11 is 0. The van der Waals surface area contributed by atoms with Crippen molar-refractivity contribution in [3.05, 3.63) is 53.6 Å². The Morgan fingerprint density at radius 2 is 1.55 bits per heavy atom. The van der Waals surface area contributed by atoms with Crippen LogP contribution in [0.4, 0.5) is 0 Å². The zero-order valence-corrected chi connectivity index (χ0v) is 32.1. The molecule has 6 rings (SSSR count). The van der Waals surface area contributed by atoms with Gasteiger partial charge in [-0.1, -0.05) is 65.0 Å². The van der Waals surface area contributed by atoms with Crippen molar-refractivity contribution in [3.8, 4) is 0 Å². The molecule has 0 unspecified atom stereocenters. The number of hydrogen-bond acceptors (Lipinski definition) is 4. The average molecular weight is 672 g/mol. The zero-order valence-electron chi connectivity index (χ0n) is 32.1. The summed E-state index contributed by atoms with van der Waals surface area (Å²) in [5, 5.41) is 12.9. The number of likely N-dealkylation sites (N-methyl/N-ethyl adjacent to an activating group) is 2. The predicted octanol–water partition coefficient (Wildman–Crippen LogP) is 8.26. The normalized spacial score (nSPS) is 39.3. The van der Waals surface area contributed by atoms with Crippen LogP contribution in [0.1, 0.15) is 108 Å². The number of carbonyl (C=O) groups excluding carboxylic acids is 1. The van der Waals surface area contributed by atoms with Crippen molar-refractivity contribution in [2.24, 2.45) is 56.7 Å². The summed E-state index contributed by atoms with van der Waals surface area (Å²) in [5.41, 5.74) is 4.48. The van der Waals surface area contributed by atoms with E-state index in [1.807, 2.05) is 12.1 Å². The summed E-state index contributed by atoms with van der Waals surface area (Å²) in [6.07, 6.45) is 12.7. The van der Waals surface area contributed by atoms with Crippen molar-refractivity contribution in [2.45, 2.75) is 92.4 Å². The predicted molar refractivity (Wildman–Crippen MR) is 200 cm³/mol. The smallest absolute Gasteiger partial charge is 0.335 e. The minimum atomic E-state index is -0.873. The lowest BCUT2D eigenvalue weighted by atomic mass is 9.32. The van der Waals surface area contributed by atoms with E-state index in [2.05, 4.69) is 84.0 Å². The van der Waals surface area contributed by atoms with Crippen LogP contribution in [0.2, 0.25) is 0 Å². The Morgan fingerprint density at radius 3 is 2.18 bits per heavy atom. The molecule has 4 saturated carbocycles. The van der Waals surface area contributed by atoms with Crippen LogP contribution in [0.15, 0.2) is 42.5 Å². The minimum Gasteiger partial charge on any atom is -0.478 e. The molecule has 2 N–H and O–H groups in total.